The number of hydrogen-bond acceptors (Lipinski definition) is 4. The molecule has 170 valence electrons. The minimum absolute atomic E-state index is 0.0508. The predicted molar refractivity (Wildman–Crippen MR) is 123 cm³/mol. The second kappa shape index (κ2) is 9.27. The molecule has 0 aliphatic carbocycles. The fourth-order valence-electron chi connectivity index (χ4n) is 4.85. The molecule has 2 aliphatic heterocycles. The van der Waals surface area contributed by atoms with Crippen LogP contribution in [0.5, 0.6) is 0 Å². The van der Waals surface area contributed by atoms with Crippen LogP contribution in [-0.2, 0) is 7.05 Å². The first-order chi connectivity index (χ1) is 15.4. The number of rotatable bonds is 3. The molecule has 1 atom stereocenters. The summed E-state index contributed by atoms with van der Waals surface area (Å²) in [6, 6.07) is 5.67. The van der Waals surface area contributed by atoms with Gasteiger partial charge in [-0.15, -0.1) is 0 Å². The number of amides is 2. The molecule has 4 rings (SSSR count). The molecule has 7 heteroatoms. The van der Waals surface area contributed by atoms with Crippen molar-refractivity contribution in [2.24, 2.45) is 7.05 Å². The van der Waals surface area contributed by atoms with Gasteiger partial charge in [0.2, 0.25) is 0 Å². The van der Waals surface area contributed by atoms with Gasteiger partial charge in [0.1, 0.15) is 5.56 Å². The van der Waals surface area contributed by atoms with E-state index in [1.165, 1.54) is 11.0 Å². The summed E-state index contributed by atoms with van der Waals surface area (Å²) in [7, 11) is 1.70. The number of pyridine rings is 2. The van der Waals surface area contributed by atoms with Gasteiger partial charge in [-0.25, -0.2) is 0 Å². The Morgan fingerprint density at radius 3 is 2.38 bits per heavy atom. The van der Waals surface area contributed by atoms with E-state index < -0.39 is 0 Å². The average molecular weight is 437 g/mol. The Morgan fingerprint density at radius 1 is 0.969 bits per heavy atom. The van der Waals surface area contributed by atoms with Crippen molar-refractivity contribution in [3.05, 3.63) is 62.8 Å². The Balaban J connectivity index is 1.48. The lowest BCUT2D eigenvalue weighted by Crippen LogP contribution is -2.42. The molecular weight excluding hydrogens is 404 g/mol. The standard InChI is InChI=1S/C25H32N4O3/c1-17-14-18(2)27(3)24(31)22(17)25(32)29-13-7-8-20(16-29)21-10-9-19(15-26-21)23(30)28-11-5-4-6-12-28/h9-10,14-15,20H,4-8,11-13,16H2,1-3H3/t20-/m0/s1. The lowest BCUT2D eigenvalue weighted by Gasteiger charge is -2.33. The predicted octanol–water partition coefficient (Wildman–Crippen LogP) is 3.04. The number of hydrogen-bond donors (Lipinski definition) is 0. The fraction of sp³-hybridized carbons (Fsp3) is 0.520. The van der Waals surface area contributed by atoms with Gasteiger partial charge in [-0.2, -0.15) is 0 Å². The zero-order valence-corrected chi connectivity index (χ0v) is 19.3. The summed E-state index contributed by atoms with van der Waals surface area (Å²) in [5, 5.41) is 0. The molecule has 2 saturated heterocycles. The molecule has 0 radical (unpaired) electrons. The summed E-state index contributed by atoms with van der Waals surface area (Å²) in [5.41, 5.74) is 3.09. The van der Waals surface area contributed by atoms with Crippen LogP contribution in [0.2, 0.25) is 0 Å². The van der Waals surface area contributed by atoms with E-state index in [0.717, 1.165) is 55.7 Å². The Bertz CT molecular complexity index is 1070. The van der Waals surface area contributed by atoms with Gasteiger partial charge in [0.15, 0.2) is 0 Å². The molecule has 0 unspecified atom stereocenters. The molecule has 32 heavy (non-hydrogen) atoms. The molecule has 0 bridgehead atoms. The van der Waals surface area contributed by atoms with E-state index in [-0.39, 0.29) is 28.9 Å². The van der Waals surface area contributed by atoms with Crippen molar-refractivity contribution in [2.75, 3.05) is 26.2 Å². The molecule has 7 nitrogen and oxygen atoms in total. The first-order valence-electron chi connectivity index (χ1n) is 11.6. The quantitative estimate of drug-likeness (QED) is 0.741. The van der Waals surface area contributed by atoms with Crippen LogP contribution < -0.4 is 5.56 Å². The number of nitrogens with zero attached hydrogens (tertiary/aromatic N) is 4. The highest BCUT2D eigenvalue weighted by Gasteiger charge is 2.29. The van der Waals surface area contributed by atoms with Crippen LogP contribution in [-0.4, -0.2) is 57.3 Å². The molecule has 2 amide bonds. The molecule has 2 fully saturated rings. The molecule has 0 saturated carbocycles. The van der Waals surface area contributed by atoms with E-state index in [1.54, 1.807) is 18.1 Å². The smallest absolute Gasteiger partial charge is 0.263 e. The van der Waals surface area contributed by atoms with Gasteiger partial charge in [0.05, 0.1) is 5.56 Å². The molecule has 2 aliphatic rings. The lowest BCUT2D eigenvalue weighted by atomic mass is 9.93. The Hall–Kier alpha value is -2.96. The highest BCUT2D eigenvalue weighted by Crippen LogP contribution is 2.27. The molecule has 0 spiro atoms. The molecule has 0 aromatic carbocycles. The Morgan fingerprint density at radius 2 is 1.69 bits per heavy atom. The van der Waals surface area contributed by atoms with E-state index >= 15 is 0 Å². The average Bonchev–Trinajstić information content (AvgIpc) is 2.83. The van der Waals surface area contributed by atoms with E-state index in [1.807, 2.05) is 36.9 Å². The van der Waals surface area contributed by atoms with Crippen LogP contribution in [0, 0.1) is 13.8 Å². The first-order valence-corrected chi connectivity index (χ1v) is 11.6. The summed E-state index contributed by atoms with van der Waals surface area (Å²) in [5.74, 6) is -0.0546. The third-order valence-corrected chi connectivity index (χ3v) is 6.88. The number of carbonyl (C=O) groups is 2. The summed E-state index contributed by atoms with van der Waals surface area (Å²) in [4.78, 5) is 47.0. The maximum atomic E-state index is 13.2. The van der Waals surface area contributed by atoms with Gasteiger partial charge < -0.3 is 14.4 Å². The zero-order chi connectivity index (χ0) is 22.8. The number of aryl methyl sites for hydroxylation is 2. The molecular formula is C25H32N4O3. The van der Waals surface area contributed by atoms with Gasteiger partial charge in [-0.3, -0.25) is 19.4 Å². The topological polar surface area (TPSA) is 75.5 Å². The second-order valence-electron chi connectivity index (χ2n) is 9.12. The normalized spacial score (nSPS) is 19.2. The summed E-state index contributed by atoms with van der Waals surface area (Å²) in [6.07, 6.45) is 6.78. The van der Waals surface area contributed by atoms with Crippen molar-refractivity contribution in [3.8, 4) is 0 Å². The maximum absolute atomic E-state index is 13.2. The van der Waals surface area contributed by atoms with Crippen molar-refractivity contribution in [2.45, 2.75) is 51.9 Å². The number of carbonyl (C=O) groups excluding carboxylic acids is 2. The van der Waals surface area contributed by atoms with Crippen LogP contribution in [0.25, 0.3) is 0 Å². The van der Waals surface area contributed by atoms with Crippen LogP contribution in [0.15, 0.2) is 29.2 Å². The number of likely N-dealkylation sites (tertiary alicyclic amines) is 2. The van der Waals surface area contributed by atoms with Gasteiger partial charge in [-0.05, 0) is 69.7 Å². The van der Waals surface area contributed by atoms with Crippen molar-refractivity contribution in [3.63, 3.8) is 0 Å². The largest absolute Gasteiger partial charge is 0.339 e. The summed E-state index contributed by atoms with van der Waals surface area (Å²) < 4.78 is 1.53. The monoisotopic (exact) mass is 436 g/mol. The number of piperidine rings is 2. The summed E-state index contributed by atoms with van der Waals surface area (Å²) in [6.45, 7) is 6.49. The molecule has 2 aromatic rings. The van der Waals surface area contributed by atoms with E-state index in [2.05, 4.69) is 4.98 Å². The summed E-state index contributed by atoms with van der Waals surface area (Å²) >= 11 is 0. The van der Waals surface area contributed by atoms with Crippen molar-refractivity contribution in [1.82, 2.24) is 19.4 Å². The van der Waals surface area contributed by atoms with E-state index in [9.17, 15) is 14.4 Å². The molecule has 2 aromatic heterocycles. The van der Waals surface area contributed by atoms with Crippen LogP contribution in [0.4, 0.5) is 0 Å². The van der Waals surface area contributed by atoms with E-state index in [4.69, 9.17) is 0 Å². The van der Waals surface area contributed by atoms with E-state index in [0.29, 0.717) is 18.7 Å². The zero-order valence-electron chi connectivity index (χ0n) is 19.3. The van der Waals surface area contributed by atoms with Gasteiger partial charge in [0.25, 0.3) is 17.4 Å². The minimum Gasteiger partial charge on any atom is -0.339 e. The molecule has 4 heterocycles. The van der Waals surface area contributed by atoms with Crippen molar-refractivity contribution in [1.29, 1.82) is 0 Å². The van der Waals surface area contributed by atoms with Crippen LogP contribution >= 0.6 is 0 Å². The van der Waals surface area contributed by atoms with Gasteiger partial charge in [0, 0.05) is 56.7 Å². The van der Waals surface area contributed by atoms with Crippen LogP contribution in [0.3, 0.4) is 0 Å². The van der Waals surface area contributed by atoms with Crippen molar-refractivity contribution < 1.29 is 9.59 Å². The Kier molecular flexibility index (Phi) is 6.44. The number of aromatic nitrogens is 2. The third-order valence-electron chi connectivity index (χ3n) is 6.88. The fourth-order valence-corrected chi connectivity index (χ4v) is 4.85. The van der Waals surface area contributed by atoms with Crippen LogP contribution in [0.1, 0.15) is 75.7 Å². The minimum atomic E-state index is -0.242. The first kappa shape index (κ1) is 22.2. The SMILES string of the molecule is Cc1cc(C)n(C)c(=O)c1C(=O)N1CCC[C@H](c2ccc(C(=O)N3CCCCC3)cn2)C1. The Labute approximate surface area is 189 Å². The van der Waals surface area contributed by atoms with Gasteiger partial charge >= 0.3 is 0 Å². The highest BCUT2D eigenvalue weighted by molar-refractivity contribution is 5.95. The highest BCUT2D eigenvalue weighted by atomic mass is 16.2. The van der Waals surface area contributed by atoms with Crippen molar-refractivity contribution >= 4 is 11.8 Å². The maximum Gasteiger partial charge on any atom is 0.263 e. The molecule has 0 N–H and O–H groups in total. The van der Waals surface area contributed by atoms with Gasteiger partial charge in [-0.1, -0.05) is 0 Å². The second-order valence-corrected chi connectivity index (χ2v) is 9.12. The third kappa shape index (κ3) is 4.33. The lowest BCUT2D eigenvalue weighted by molar-refractivity contribution is 0.0701.